The first-order chi connectivity index (χ1) is 8.50. The van der Waals surface area contributed by atoms with E-state index in [1.54, 1.807) is 0 Å². The average Bonchev–Trinajstić information content (AvgIpc) is 2.67. The minimum atomic E-state index is -0.0858. The van der Waals surface area contributed by atoms with E-state index in [4.69, 9.17) is 0 Å². The van der Waals surface area contributed by atoms with Crippen LogP contribution in [0.25, 0.3) is 11.0 Å². The fourth-order valence-electron chi connectivity index (χ4n) is 2.28. The number of nitrogens with one attached hydrogen (secondary N) is 1. The Bertz CT molecular complexity index is 571. The Morgan fingerprint density at radius 3 is 2.56 bits per heavy atom. The minimum Gasteiger partial charge on any atom is -0.347 e. The molecule has 1 amide bonds. The number of para-hydroxylation sites is 2. The third-order valence-corrected chi connectivity index (χ3v) is 2.95. The van der Waals surface area contributed by atoms with Crippen LogP contribution in [0.2, 0.25) is 0 Å². The number of carbonyl (C=O) groups excluding carboxylic acids is 1. The Morgan fingerprint density at radius 1 is 1.28 bits per heavy atom. The fraction of sp³-hybridized carbons (Fsp3) is 0.429. The van der Waals surface area contributed by atoms with E-state index >= 15 is 0 Å². The molecule has 0 aliphatic carbocycles. The first-order valence-electron chi connectivity index (χ1n) is 6.24. The maximum atomic E-state index is 11.2. The first-order valence-corrected chi connectivity index (χ1v) is 6.24. The highest BCUT2D eigenvalue weighted by Gasteiger charge is 2.18. The zero-order valence-corrected chi connectivity index (χ0v) is 11.3. The lowest BCUT2D eigenvalue weighted by Crippen LogP contribution is -2.26. The lowest BCUT2D eigenvalue weighted by Gasteiger charge is -2.18. The van der Waals surface area contributed by atoms with Gasteiger partial charge in [-0.1, -0.05) is 12.1 Å². The van der Waals surface area contributed by atoms with E-state index in [2.05, 4.69) is 34.8 Å². The van der Waals surface area contributed by atoms with Gasteiger partial charge < -0.3 is 9.88 Å². The highest BCUT2D eigenvalue weighted by molar-refractivity contribution is 5.77. The van der Waals surface area contributed by atoms with Crippen molar-refractivity contribution in [3.63, 3.8) is 0 Å². The van der Waals surface area contributed by atoms with E-state index in [1.165, 1.54) is 6.92 Å². The van der Waals surface area contributed by atoms with Gasteiger partial charge in [-0.3, -0.25) is 4.79 Å². The molecule has 1 aromatic heterocycles. The molecule has 0 radical (unpaired) electrons. The number of hydrogen-bond donors (Lipinski definition) is 1. The van der Waals surface area contributed by atoms with Gasteiger partial charge in [0.1, 0.15) is 5.82 Å². The largest absolute Gasteiger partial charge is 0.347 e. The van der Waals surface area contributed by atoms with Gasteiger partial charge in [-0.15, -0.1) is 0 Å². The predicted octanol–water partition coefficient (Wildman–Crippen LogP) is 2.81. The molecule has 0 spiro atoms. The van der Waals surface area contributed by atoms with Crippen LogP contribution in [-0.4, -0.2) is 15.5 Å². The summed E-state index contributed by atoms with van der Waals surface area (Å²) in [5.41, 5.74) is 2.08. The van der Waals surface area contributed by atoms with Crippen molar-refractivity contribution < 1.29 is 4.79 Å². The van der Waals surface area contributed by atoms with Crippen molar-refractivity contribution in [3.05, 3.63) is 30.1 Å². The summed E-state index contributed by atoms with van der Waals surface area (Å²) in [7, 11) is 0. The van der Waals surface area contributed by atoms with Crippen LogP contribution in [0.5, 0.6) is 0 Å². The van der Waals surface area contributed by atoms with Gasteiger partial charge in [-0.25, -0.2) is 4.98 Å². The molecule has 0 fully saturated rings. The zero-order valence-electron chi connectivity index (χ0n) is 11.3. The molecule has 2 rings (SSSR count). The standard InChI is InChI=1S/C14H19N3O/c1-9(2)17-13-8-6-5-7-12(13)16-14(17)10(3)15-11(4)18/h5-10H,1-4H3,(H,15,18)/t10-/m0/s1. The third-order valence-electron chi connectivity index (χ3n) is 2.95. The fourth-order valence-corrected chi connectivity index (χ4v) is 2.28. The number of nitrogens with zero attached hydrogens (tertiary/aromatic N) is 2. The molecule has 0 aliphatic heterocycles. The summed E-state index contributed by atoms with van der Waals surface area (Å²) in [6, 6.07) is 8.27. The number of carbonyl (C=O) groups is 1. The highest BCUT2D eigenvalue weighted by Crippen LogP contribution is 2.24. The monoisotopic (exact) mass is 245 g/mol. The van der Waals surface area contributed by atoms with Gasteiger partial charge in [0.15, 0.2) is 0 Å². The van der Waals surface area contributed by atoms with E-state index in [9.17, 15) is 4.79 Å². The van der Waals surface area contributed by atoms with Crippen LogP contribution in [0.15, 0.2) is 24.3 Å². The Kier molecular flexibility index (Phi) is 3.36. The van der Waals surface area contributed by atoms with E-state index in [-0.39, 0.29) is 11.9 Å². The van der Waals surface area contributed by atoms with E-state index in [0.29, 0.717) is 6.04 Å². The van der Waals surface area contributed by atoms with Crippen LogP contribution < -0.4 is 5.32 Å². The molecule has 0 saturated heterocycles. The second-order valence-corrected chi connectivity index (χ2v) is 4.84. The zero-order chi connectivity index (χ0) is 13.3. The Hall–Kier alpha value is -1.84. The van der Waals surface area contributed by atoms with Gasteiger partial charge in [-0.05, 0) is 32.9 Å². The van der Waals surface area contributed by atoms with Gasteiger partial charge in [0, 0.05) is 13.0 Å². The molecule has 4 nitrogen and oxygen atoms in total. The Balaban J connectivity index is 2.55. The number of imidazole rings is 1. The molecule has 1 N–H and O–H groups in total. The molecule has 0 unspecified atom stereocenters. The summed E-state index contributed by atoms with van der Waals surface area (Å²) >= 11 is 0. The predicted molar refractivity (Wildman–Crippen MR) is 72.3 cm³/mol. The second kappa shape index (κ2) is 4.80. The first kappa shape index (κ1) is 12.6. The van der Waals surface area contributed by atoms with Crippen molar-refractivity contribution in [2.75, 3.05) is 0 Å². The Morgan fingerprint density at radius 2 is 1.94 bits per heavy atom. The van der Waals surface area contributed by atoms with Crippen LogP contribution in [0.3, 0.4) is 0 Å². The van der Waals surface area contributed by atoms with Crippen molar-refractivity contribution in [1.82, 2.24) is 14.9 Å². The summed E-state index contributed by atoms with van der Waals surface area (Å²) in [4.78, 5) is 15.8. The SMILES string of the molecule is CC(=O)N[C@@H](C)c1nc2ccccc2n1C(C)C. The quantitative estimate of drug-likeness (QED) is 0.903. The number of benzene rings is 1. The molecule has 0 aliphatic rings. The topological polar surface area (TPSA) is 46.9 Å². The third kappa shape index (κ3) is 2.23. The maximum absolute atomic E-state index is 11.2. The number of rotatable bonds is 3. The van der Waals surface area contributed by atoms with Crippen LogP contribution in [0.1, 0.15) is 45.6 Å². The molecule has 0 bridgehead atoms. The molecule has 1 aromatic carbocycles. The molecule has 0 saturated carbocycles. The number of hydrogen-bond acceptors (Lipinski definition) is 2. The van der Waals surface area contributed by atoms with Crippen molar-refractivity contribution >= 4 is 16.9 Å². The molecular weight excluding hydrogens is 226 g/mol. The van der Waals surface area contributed by atoms with Gasteiger partial charge in [-0.2, -0.15) is 0 Å². The van der Waals surface area contributed by atoms with Gasteiger partial charge in [0.2, 0.25) is 5.91 Å². The van der Waals surface area contributed by atoms with E-state index in [1.807, 2.05) is 25.1 Å². The second-order valence-electron chi connectivity index (χ2n) is 4.84. The summed E-state index contributed by atoms with van der Waals surface area (Å²) in [6.07, 6.45) is 0. The normalized spacial score (nSPS) is 12.9. The molecule has 96 valence electrons. The summed E-state index contributed by atoms with van der Waals surface area (Å²) in [5.74, 6) is 0.867. The molecule has 18 heavy (non-hydrogen) atoms. The molecule has 1 heterocycles. The van der Waals surface area contributed by atoms with Crippen LogP contribution in [0, 0.1) is 0 Å². The van der Waals surface area contributed by atoms with Gasteiger partial charge in [0.05, 0.1) is 17.1 Å². The highest BCUT2D eigenvalue weighted by atomic mass is 16.1. The molecular formula is C14H19N3O. The number of fused-ring (bicyclic) bond motifs is 1. The van der Waals surface area contributed by atoms with Crippen molar-refractivity contribution in [2.24, 2.45) is 0 Å². The molecule has 4 heteroatoms. The maximum Gasteiger partial charge on any atom is 0.217 e. The number of amides is 1. The lowest BCUT2D eigenvalue weighted by atomic mass is 10.2. The van der Waals surface area contributed by atoms with Gasteiger partial charge >= 0.3 is 0 Å². The van der Waals surface area contributed by atoms with Crippen molar-refractivity contribution in [2.45, 2.75) is 39.8 Å². The van der Waals surface area contributed by atoms with Crippen LogP contribution in [0.4, 0.5) is 0 Å². The summed E-state index contributed by atoms with van der Waals surface area (Å²) < 4.78 is 2.18. The smallest absolute Gasteiger partial charge is 0.217 e. The van der Waals surface area contributed by atoms with Crippen LogP contribution in [-0.2, 0) is 4.79 Å². The Labute approximate surface area is 107 Å². The van der Waals surface area contributed by atoms with Gasteiger partial charge in [0.25, 0.3) is 0 Å². The van der Waals surface area contributed by atoms with E-state index in [0.717, 1.165) is 16.9 Å². The van der Waals surface area contributed by atoms with Crippen molar-refractivity contribution in [1.29, 1.82) is 0 Å². The molecule has 2 aromatic rings. The summed E-state index contributed by atoms with van der Waals surface area (Å²) in [5, 5.41) is 2.89. The van der Waals surface area contributed by atoms with Crippen LogP contribution >= 0.6 is 0 Å². The average molecular weight is 245 g/mol. The minimum absolute atomic E-state index is 0.0372. The van der Waals surface area contributed by atoms with Crippen molar-refractivity contribution in [3.8, 4) is 0 Å². The van der Waals surface area contributed by atoms with E-state index < -0.39 is 0 Å². The lowest BCUT2D eigenvalue weighted by molar-refractivity contribution is -0.119. The number of aromatic nitrogens is 2. The summed E-state index contributed by atoms with van der Waals surface area (Å²) in [6.45, 7) is 7.73. The molecule has 1 atom stereocenters.